The van der Waals surface area contributed by atoms with Crippen LogP contribution >= 0.6 is 0 Å². The number of carboxylic acids is 1. The second-order valence-electron chi connectivity index (χ2n) is 4.98. The standard InChI is InChI=1S/C13H22N2O3/c1-5-7-14(9(2)3)13(18)15-8-6-11(10(15)4)12(16)17/h5,9-11H,1,6-8H2,2-4H3,(H,16,17). The molecule has 1 aliphatic rings. The van der Waals surface area contributed by atoms with Crippen molar-refractivity contribution in [1.82, 2.24) is 9.80 Å². The minimum absolute atomic E-state index is 0.0755. The van der Waals surface area contributed by atoms with Gasteiger partial charge in [0.25, 0.3) is 0 Å². The molecule has 5 heteroatoms. The Kier molecular flexibility index (Phi) is 4.76. The summed E-state index contributed by atoms with van der Waals surface area (Å²) in [5.74, 6) is -1.27. The number of amides is 2. The number of hydrogen-bond acceptors (Lipinski definition) is 2. The average molecular weight is 254 g/mol. The van der Waals surface area contributed by atoms with E-state index < -0.39 is 11.9 Å². The van der Waals surface area contributed by atoms with Crippen molar-refractivity contribution < 1.29 is 14.7 Å². The molecular weight excluding hydrogens is 232 g/mol. The molecule has 2 atom stereocenters. The highest BCUT2D eigenvalue weighted by atomic mass is 16.4. The molecule has 0 saturated carbocycles. The van der Waals surface area contributed by atoms with E-state index in [-0.39, 0.29) is 18.1 Å². The predicted octanol–water partition coefficient (Wildman–Crippen LogP) is 1.80. The fourth-order valence-corrected chi connectivity index (χ4v) is 2.35. The molecule has 0 aliphatic carbocycles. The first-order chi connectivity index (χ1) is 8.40. The molecule has 1 heterocycles. The molecule has 1 saturated heterocycles. The number of urea groups is 1. The normalized spacial score (nSPS) is 23.2. The fourth-order valence-electron chi connectivity index (χ4n) is 2.35. The monoisotopic (exact) mass is 254 g/mol. The van der Waals surface area contributed by atoms with Crippen LogP contribution in [-0.2, 0) is 4.79 Å². The zero-order chi connectivity index (χ0) is 13.9. The molecule has 18 heavy (non-hydrogen) atoms. The van der Waals surface area contributed by atoms with Crippen LogP contribution in [0.5, 0.6) is 0 Å². The second kappa shape index (κ2) is 5.89. The second-order valence-corrected chi connectivity index (χ2v) is 4.98. The lowest BCUT2D eigenvalue weighted by atomic mass is 10.0. The van der Waals surface area contributed by atoms with Gasteiger partial charge in [0, 0.05) is 25.2 Å². The van der Waals surface area contributed by atoms with E-state index in [0.717, 1.165) is 0 Å². The van der Waals surface area contributed by atoms with Gasteiger partial charge >= 0.3 is 12.0 Å². The van der Waals surface area contributed by atoms with Gasteiger partial charge < -0.3 is 14.9 Å². The van der Waals surface area contributed by atoms with Gasteiger partial charge in [-0.05, 0) is 27.2 Å². The van der Waals surface area contributed by atoms with Crippen molar-refractivity contribution in [1.29, 1.82) is 0 Å². The summed E-state index contributed by atoms with van der Waals surface area (Å²) in [7, 11) is 0. The SMILES string of the molecule is C=CCN(C(=O)N1CCC(C(=O)O)C1C)C(C)C. The third kappa shape index (κ3) is 2.83. The van der Waals surface area contributed by atoms with Gasteiger partial charge in [0.05, 0.1) is 5.92 Å². The van der Waals surface area contributed by atoms with Gasteiger partial charge in [-0.2, -0.15) is 0 Å². The van der Waals surface area contributed by atoms with E-state index in [1.807, 2.05) is 13.8 Å². The van der Waals surface area contributed by atoms with E-state index in [9.17, 15) is 9.59 Å². The summed E-state index contributed by atoms with van der Waals surface area (Å²) in [4.78, 5) is 26.8. The minimum atomic E-state index is -0.822. The first-order valence-corrected chi connectivity index (χ1v) is 6.31. The van der Waals surface area contributed by atoms with Gasteiger partial charge in [-0.25, -0.2) is 4.79 Å². The molecule has 1 fully saturated rings. The maximum Gasteiger partial charge on any atom is 0.320 e. The van der Waals surface area contributed by atoms with Crippen molar-refractivity contribution in [3.63, 3.8) is 0 Å². The summed E-state index contributed by atoms with van der Waals surface area (Å²) < 4.78 is 0. The number of likely N-dealkylation sites (tertiary alicyclic amines) is 1. The Balaban J connectivity index is 2.78. The van der Waals surface area contributed by atoms with E-state index in [4.69, 9.17) is 5.11 Å². The van der Waals surface area contributed by atoms with Crippen molar-refractivity contribution in [2.24, 2.45) is 5.92 Å². The molecule has 0 radical (unpaired) electrons. The van der Waals surface area contributed by atoms with Gasteiger partial charge in [0.15, 0.2) is 0 Å². The molecule has 0 bridgehead atoms. The third-order valence-corrected chi connectivity index (χ3v) is 3.51. The summed E-state index contributed by atoms with van der Waals surface area (Å²) in [5.41, 5.74) is 0. The first-order valence-electron chi connectivity index (χ1n) is 6.31. The molecule has 1 rings (SSSR count). The van der Waals surface area contributed by atoms with E-state index >= 15 is 0 Å². The number of hydrogen-bond donors (Lipinski definition) is 1. The van der Waals surface area contributed by atoms with Crippen LogP contribution < -0.4 is 0 Å². The van der Waals surface area contributed by atoms with Gasteiger partial charge in [0.1, 0.15) is 0 Å². The molecule has 102 valence electrons. The Morgan fingerprint density at radius 2 is 2.17 bits per heavy atom. The predicted molar refractivity (Wildman–Crippen MR) is 69.3 cm³/mol. The van der Waals surface area contributed by atoms with Crippen molar-refractivity contribution in [2.45, 2.75) is 39.3 Å². The van der Waals surface area contributed by atoms with Crippen molar-refractivity contribution in [3.8, 4) is 0 Å². The molecule has 0 aromatic rings. The lowest BCUT2D eigenvalue weighted by Gasteiger charge is -2.33. The molecule has 5 nitrogen and oxygen atoms in total. The Bertz CT molecular complexity index is 341. The molecule has 0 aromatic heterocycles. The van der Waals surface area contributed by atoms with Gasteiger partial charge in [-0.3, -0.25) is 4.79 Å². The molecule has 1 N–H and O–H groups in total. The summed E-state index contributed by atoms with van der Waals surface area (Å²) in [6.45, 7) is 10.3. The Morgan fingerprint density at radius 1 is 1.56 bits per heavy atom. The number of carbonyl (C=O) groups excluding carboxylic acids is 1. The quantitative estimate of drug-likeness (QED) is 0.778. The van der Waals surface area contributed by atoms with Crippen LogP contribution in [-0.4, -0.2) is 52.1 Å². The van der Waals surface area contributed by atoms with Crippen LogP contribution in [0.1, 0.15) is 27.2 Å². The first kappa shape index (κ1) is 14.5. The van der Waals surface area contributed by atoms with Gasteiger partial charge in [0.2, 0.25) is 0 Å². The summed E-state index contributed by atoms with van der Waals surface area (Å²) >= 11 is 0. The highest BCUT2D eigenvalue weighted by molar-refractivity contribution is 5.78. The molecule has 0 spiro atoms. The topological polar surface area (TPSA) is 60.9 Å². The highest BCUT2D eigenvalue weighted by Crippen LogP contribution is 2.25. The van der Waals surface area contributed by atoms with Crippen molar-refractivity contribution >= 4 is 12.0 Å². The molecule has 2 unspecified atom stereocenters. The van der Waals surface area contributed by atoms with Crippen LogP contribution in [0.4, 0.5) is 4.79 Å². The summed E-state index contributed by atoms with van der Waals surface area (Å²) in [6.07, 6.45) is 2.22. The lowest BCUT2D eigenvalue weighted by Crippen LogP contribution is -2.48. The molecule has 0 aromatic carbocycles. The maximum absolute atomic E-state index is 12.4. The lowest BCUT2D eigenvalue weighted by molar-refractivity contribution is -0.142. The molecule has 1 aliphatic heterocycles. The van der Waals surface area contributed by atoms with Crippen LogP contribution in [0, 0.1) is 5.92 Å². The Morgan fingerprint density at radius 3 is 2.56 bits per heavy atom. The summed E-state index contributed by atoms with van der Waals surface area (Å²) in [5, 5.41) is 9.07. The number of rotatable bonds is 4. The average Bonchev–Trinajstić information content (AvgIpc) is 2.66. The van der Waals surface area contributed by atoms with Crippen LogP contribution in [0.15, 0.2) is 12.7 Å². The van der Waals surface area contributed by atoms with Crippen LogP contribution in [0.3, 0.4) is 0 Å². The van der Waals surface area contributed by atoms with Gasteiger partial charge in [-0.15, -0.1) is 6.58 Å². The number of nitrogens with zero attached hydrogens (tertiary/aromatic N) is 2. The maximum atomic E-state index is 12.4. The van der Waals surface area contributed by atoms with Gasteiger partial charge in [-0.1, -0.05) is 6.08 Å². The van der Waals surface area contributed by atoms with Crippen LogP contribution in [0.25, 0.3) is 0 Å². The largest absolute Gasteiger partial charge is 0.481 e. The number of carbonyl (C=O) groups is 2. The Hall–Kier alpha value is -1.52. The number of aliphatic carboxylic acids is 1. The van der Waals surface area contributed by atoms with E-state index in [2.05, 4.69) is 6.58 Å². The van der Waals surface area contributed by atoms with E-state index in [1.165, 1.54) is 0 Å². The molecular formula is C13H22N2O3. The minimum Gasteiger partial charge on any atom is -0.481 e. The smallest absolute Gasteiger partial charge is 0.320 e. The summed E-state index contributed by atoms with van der Waals surface area (Å²) in [6, 6.07) is -0.270. The number of carboxylic acid groups (broad SMARTS) is 1. The van der Waals surface area contributed by atoms with E-state index in [1.54, 1.807) is 22.8 Å². The fraction of sp³-hybridized carbons (Fsp3) is 0.692. The molecule has 2 amide bonds. The van der Waals surface area contributed by atoms with Crippen LogP contribution in [0.2, 0.25) is 0 Å². The zero-order valence-electron chi connectivity index (χ0n) is 11.3. The zero-order valence-corrected chi connectivity index (χ0v) is 11.3. The Labute approximate surface area is 108 Å². The van der Waals surface area contributed by atoms with E-state index in [0.29, 0.717) is 19.5 Å². The van der Waals surface area contributed by atoms with Crippen molar-refractivity contribution in [3.05, 3.63) is 12.7 Å². The third-order valence-electron chi connectivity index (χ3n) is 3.51. The van der Waals surface area contributed by atoms with Crippen molar-refractivity contribution in [2.75, 3.05) is 13.1 Å². The highest BCUT2D eigenvalue weighted by Gasteiger charge is 2.39.